The van der Waals surface area contributed by atoms with E-state index in [0.717, 1.165) is 6.21 Å². The fourth-order valence-corrected chi connectivity index (χ4v) is 1.38. The van der Waals surface area contributed by atoms with Crippen molar-refractivity contribution in [2.24, 2.45) is 10.9 Å². The predicted molar refractivity (Wildman–Crippen MR) is 72.2 cm³/mol. The quantitative estimate of drug-likeness (QED) is 0.792. The molecule has 1 aromatic rings. The number of hydrogen-bond donors (Lipinski definition) is 2. The molecule has 2 N–H and O–H groups in total. The van der Waals surface area contributed by atoms with Crippen LogP contribution in [0.2, 0.25) is 0 Å². The van der Waals surface area contributed by atoms with Gasteiger partial charge in [0, 0.05) is 13.1 Å². The van der Waals surface area contributed by atoms with Crippen molar-refractivity contribution < 1.29 is 19.4 Å². The molecule has 0 aliphatic carbocycles. The molecule has 1 atom stereocenters. The van der Waals surface area contributed by atoms with Gasteiger partial charge in [-0.25, -0.2) is 0 Å². The molecule has 0 saturated carbocycles. The molecule has 0 radical (unpaired) electrons. The van der Waals surface area contributed by atoms with Crippen molar-refractivity contribution in [3.8, 4) is 11.8 Å². The van der Waals surface area contributed by atoms with E-state index in [1.54, 1.807) is 18.2 Å². The van der Waals surface area contributed by atoms with E-state index in [4.69, 9.17) is 15.1 Å². The van der Waals surface area contributed by atoms with Crippen molar-refractivity contribution in [2.75, 3.05) is 12.4 Å². The zero-order valence-corrected chi connectivity index (χ0v) is 11.0. The zero-order valence-electron chi connectivity index (χ0n) is 11.0. The molecule has 7 heteroatoms. The number of hydrogen-bond acceptors (Lipinski definition) is 5. The van der Waals surface area contributed by atoms with Gasteiger partial charge in [-0.2, -0.15) is 5.26 Å². The second-order valence-corrected chi connectivity index (χ2v) is 3.79. The maximum atomic E-state index is 11.1. The van der Waals surface area contributed by atoms with Crippen LogP contribution in [0.5, 0.6) is 5.75 Å². The Labute approximate surface area is 115 Å². The van der Waals surface area contributed by atoms with Gasteiger partial charge in [0.2, 0.25) is 5.91 Å². The number of nitrogens with zero attached hydrogens (tertiary/aromatic N) is 2. The van der Waals surface area contributed by atoms with Crippen molar-refractivity contribution in [1.82, 2.24) is 0 Å². The standard InChI is InChI=1S/C13H13N3O4/c1-8(17)16-11-5-10(3-4-12(11)20-2)15-7-9(6-14)13(18)19/h3-5,7,9H,1-2H3,(H,16,17)(H,18,19). The fourth-order valence-electron chi connectivity index (χ4n) is 1.38. The lowest BCUT2D eigenvalue weighted by atomic mass is 10.2. The summed E-state index contributed by atoms with van der Waals surface area (Å²) in [5, 5.41) is 19.9. The van der Waals surface area contributed by atoms with Crippen molar-refractivity contribution in [3.05, 3.63) is 18.2 Å². The summed E-state index contributed by atoms with van der Waals surface area (Å²) in [4.78, 5) is 25.6. The molecule has 0 aromatic heterocycles. The zero-order chi connectivity index (χ0) is 15.1. The van der Waals surface area contributed by atoms with Crippen molar-refractivity contribution >= 4 is 29.5 Å². The molecule has 7 nitrogen and oxygen atoms in total. The van der Waals surface area contributed by atoms with Crippen molar-refractivity contribution in [2.45, 2.75) is 6.92 Å². The number of benzene rings is 1. The van der Waals surface area contributed by atoms with Gasteiger partial charge < -0.3 is 15.2 Å². The highest BCUT2D eigenvalue weighted by Crippen LogP contribution is 2.29. The highest BCUT2D eigenvalue weighted by molar-refractivity contribution is 5.93. The van der Waals surface area contributed by atoms with Crippen LogP contribution in [0, 0.1) is 17.2 Å². The van der Waals surface area contributed by atoms with Crippen LogP contribution in [-0.4, -0.2) is 30.3 Å². The largest absolute Gasteiger partial charge is 0.495 e. The average Bonchev–Trinajstić information content (AvgIpc) is 2.38. The van der Waals surface area contributed by atoms with Crippen molar-refractivity contribution in [1.29, 1.82) is 5.26 Å². The lowest BCUT2D eigenvalue weighted by Gasteiger charge is -2.09. The minimum atomic E-state index is -1.32. The first kappa shape index (κ1) is 15.2. The van der Waals surface area contributed by atoms with Gasteiger partial charge in [0.1, 0.15) is 5.75 Å². The Bertz CT molecular complexity index is 590. The third-order valence-corrected chi connectivity index (χ3v) is 2.27. The third-order valence-electron chi connectivity index (χ3n) is 2.27. The molecule has 1 unspecified atom stereocenters. The van der Waals surface area contributed by atoms with Gasteiger partial charge in [0.15, 0.2) is 5.92 Å². The number of carboxylic acid groups (broad SMARTS) is 1. The summed E-state index contributed by atoms with van der Waals surface area (Å²) in [7, 11) is 1.46. The van der Waals surface area contributed by atoms with Gasteiger partial charge >= 0.3 is 5.97 Å². The number of methoxy groups -OCH3 is 1. The summed E-state index contributed by atoms with van der Waals surface area (Å²) < 4.78 is 5.07. The number of carbonyl (C=O) groups is 2. The van der Waals surface area contributed by atoms with Crippen LogP contribution < -0.4 is 10.1 Å². The van der Waals surface area contributed by atoms with Crippen LogP contribution in [0.1, 0.15) is 6.92 Å². The minimum Gasteiger partial charge on any atom is -0.495 e. The van der Waals surface area contributed by atoms with Crippen molar-refractivity contribution in [3.63, 3.8) is 0 Å². The van der Waals surface area contributed by atoms with E-state index >= 15 is 0 Å². The SMILES string of the molecule is COc1ccc(N=CC(C#N)C(=O)O)cc1NC(C)=O. The second kappa shape index (κ2) is 6.89. The number of aliphatic carboxylic acids is 1. The lowest BCUT2D eigenvalue weighted by Crippen LogP contribution is -2.12. The third kappa shape index (κ3) is 4.10. The van der Waals surface area contributed by atoms with E-state index in [1.165, 1.54) is 20.1 Å². The minimum absolute atomic E-state index is 0.273. The Balaban J connectivity index is 3.03. The van der Waals surface area contributed by atoms with E-state index in [0.29, 0.717) is 17.1 Å². The van der Waals surface area contributed by atoms with E-state index in [9.17, 15) is 9.59 Å². The van der Waals surface area contributed by atoms with E-state index in [2.05, 4.69) is 10.3 Å². The highest BCUT2D eigenvalue weighted by Gasteiger charge is 2.13. The highest BCUT2D eigenvalue weighted by atomic mass is 16.5. The van der Waals surface area contributed by atoms with Gasteiger partial charge in [-0.05, 0) is 18.2 Å². The summed E-state index contributed by atoms with van der Waals surface area (Å²) in [5.41, 5.74) is 0.814. The molecule has 0 saturated heterocycles. The first-order valence-corrected chi connectivity index (χ1v) is 5.60. The Hall–Kier alpha value is -2.88. The molecular formula is C13H13N3O4. The van der Waals surface area contributed by atoms with E-state index < -0.39 is 11.9 Å². The number of amides is 1. The molecule has 1 amide bonds. The van der Waals surface area contributed by atoms with Crippen LogP contribution in [0.3, 0.4) is 0 Å². The number of nitrogens with one attached hydrogen (secondary N) is 1. The van der Waals surface area contributed by atoms with Gasteiger partial charge in [-0.1, -0.05) is 0 Å². The molecule has 104 valence electrons. The van der Waals surface area contributed by atoms with Crippen LogP contribution in [0.25, 0.3) is 0 Å². The average molecular weight is 275 g/mol. The molecular weight excluding hydrogens is 262 g/mol. The van der Waals surface area contributed by atoms with Gasteiger partial charge in [0.25, 0.3) is 0 Å². The summed E-state index contributed by atoms with van der Waals surface area (Å²) in [6, 6.07) is 6.28. The molecule has 1 rings (SSSR count). The summed E-state index contributed by atoms with van der Waals surface area (Å²) in [6.45, 7) is 1.35. The van der Waals surface area contributed by atoms with Crippen LogP contribution in [0.4, 0.5) is 11.4 Å². The Kier molecular flexibility index (Phi) is 5.23. The maximum Gasteiger partial charge on any atom is 0.326 e. The topological polar surface area (TPSA) is 112 Å². The smallest absolute Gasteiger partial charge is 0.326 e. The molecule has 0 fully saturated rings. The summed E-state index contributed by atoms with van der Waals surface area (Å²) in [6.07, 6.45) is 1.03. The maximum absolute atomic E-state index is 11.1. The predicted octanol–water partition coefficient (Wildman–Crippen LogP) is 1.58. The van der Waals surface area contributed by atoms with Gasteiger partial charge in [0.05, 0.1) is 24.6 Å². The van der Waals surface area contributed by atoms with Crippen LogP contribution in [0.15, 0.2) is 23.2 Å². The number of carboxylic acids is 1. The molecule has 1 aromatic carbocycles. The molecule has 0 aliphatic rings. The first-order chi connectivity index (χ1) is 9.47. The lowest BCUT2D eigenvalue weighted by molar-refractivity contribution is -0.137. The Morgan fingerprint density at radius 2 is 2.25 bits per heavy atom. The molecule has 20 heavy (non-hydrogen) atoms. The molecule has 0 spiro atoms. The Morgan fingerprint density at radius 3 is 2.75 bits per heavy atom. The fraction of sp³-hybridized carbons (Fsp3) is 0.231. The number of ether oxygens (including phenoxy) is 1. The molecule has 0 heterocycles. The number of nitriles is 1. The number of carbonyl (C=O) groups excluding carboxylic acids is 1. The van der Waals surface area contributed by atoms with Gasteiger partial charge in [-0.3, -0.25) is 14.6 Å². The summed E-state index contributed by atoms with van der Waals surface area (Å²) >= 11 is 0. The van der Waals surface area contributed by atoms with E-state index in [-0.39, 0.29) is 5.91 Å². The monoisotopic (exact) mass is 275 g/mol. The molecule has 0 bridgehead atoms. The number of rotatable bonds is 5. The Morgan fingerprint density at radius 1 is 1.55 bits per heavy atom. The van der Waals surface area contributed by atoms with Crippen LogP contribution in [-0.2, 0) is 9.59 Å². The number of aliphatic imine (C=N–C) groups is 1. The second-order valence-electron chi connectivity index (χ2n) is 3.79. The van der Waals surface area contributed by atoms with Crippen LogP contribution >= 0.6 is 0 Å². The summed E-state index contributed by atoms with van der Waals surface area (Å²) in [5.74, 6) is -2.41. The van der Waals surface area contributed by atoms with Gasteiger partial charge in [-0.15, -0.1) is 0 Å². The normalized spacial score (nSPS) is 11.7. The number of anilines is 1. The molecule has 0 aliphatic heterocycles. The van der Waals surface area contributed by atoms with E-state index in [1.807, 2.05) is 0 Å². The first-order valence-electron chi connectivity index (χ1n) is 5.60.